The molecule has 1 aromatic carbocycles. The van der Waals surface area contributed by atoms with Gasteiger partial charge in [-0.15, -0.1) is 11.8 Å². The predicted octanol–water partition coefficient (Wildman–Crippen LogP) is 1.58. The van der Waals surface area contributed by atoms with Crippen LogP contribution in [0.15, 0.2) is 24.3 Å². The van der Waals surface area contributed by atoms with E-state index in [0.717, 1.165) is 43.8 Å². The molecule has 2 aliphatic heterocycles. The molecule has 5 heteroatoms. The number of benzene rings is 1. The fourth-order valence-electron chi connectivity index (χ4n) is 2.98. The molecular formula is C14H18ClN2OS+. The minimum Gasteiger partial charge on any atom is -0.346 e. The summed E-state index contributed by atoms with van der Waals surface area (Å²) in [6, 6.07) is 7.24. The number of carbonyl (C=O) groups excluding carboxylic acids is 1. The van der Waals surface area contributed by atoms with Gasteiger partial charge < -0.3 is 10.2 Å². The van der Waals surface area contributed by atoms with E-state index in [0.29, 0.717) is 5.02 Å². The van der Waals surface area contributed by atoms with Gasteiger partial charge in [0.2, 0.25) is 0 Å². The van der Waals surface area contributed by atoms with E-state index in [1.807, 2.05) is 23.9 Å². The lowest BCUT2D eigenvalue weighted by atomic mass is 10.0. The standard InChI is InChI=1S/C14H17ClN2OS/c15-12-3-1-11(2-4-12)13(18)17-9-10-19-14(17)5-7-16-8-6-14/h1-4,16H,5-10H2/p+1. The lowest BCUT2D eigenvalue weighted by Gasteiger charge is -2.39. The van der Waals surface area contributed by atoms with Crippen LogP contribution in [0.25, 0.3) is 0 Å². The number of piperidine rings is 1. The summed E-state index contributed by atoms with van der Waals surface area (Å²) in [5.41, 5.74) is 0.751. The Labute approximate surface area is 122 Å². The van der Waals surface area contributed by atoms with Crippen LogP contribution >= 0.6 is 23.4 Å². The Kier molecular flexibility index (Phi) is 3.74. The average molecular weight is 298 g/mol. The number of amides is 1. The van der Waals surface area contributed by atoms with Gasteiger partial charge in [-0.25, -0.2) is 0 Å². The largest absolute Gasteiger partial charge is 0.346 e. The van der Waals surface area contributed by atoms with Gasteiger partial charge in [-0.2, -0.15) is 0 Å². The van der Waals surface area contributed by atoms with Gasteiger partial charge in [-0.1, -0.05) is 11.6 Å². The zero-order chi connectivity index (χ0) is 13.3. The summed E-state index contributed by atoms with van der Waals surface area (Å²) in [5, 5.41) is 3.02. The van der Waals surface area contributed by atoms with Crippen molar-refractivity contribution in [1.29, 1.82) is 0 Å². The van der Waals surface area contributed by atoms with Crippen molar-refractivity contribution in [1.82, 2.24) is 4.90 Å². The number of hydrogen-bond donors (Lipinski definition) is 1. The second-order valence-electron chi connectivity index (χ2n) is 5.12. The summed E-state index contributed by atoms with van der Waals surface area (Å²) in [7, 11) is 0. The maximum Gasteiger partial charge on any atom is 0.255 e. The quantitative estimate of drug-likeness (QED) is 0.854. The Hall–Kier alpha value is -0.710. The van der Waals surface area contributed by atoms with E-state index in [9.17, 15) is 4.79 Å². The highest BCUT2D eigenvalue weighted by Crippen LogP contribution is 2.42. The maximum atomic E-state index is 12.7. The average Bonchev–Trinajstić information content (AvgIpc) is 2.83. The molecule has 0 radical (unpaired) electrons. The highest BCUT2D eigenvalue weighted by atomic mass is 35.5. The molecule has 3 rings (SSSR count). The van der Waals surface area contributed by atoms with E-state index in [1.165, 1.54) is 0 Å². The van der Waals surface area contributed by atoms with Crippen molar-refractivity contribution >= 4 is 29.3 Å². The monoisotopic (exact) mass is 297 g/mol. The molecule has 0 atom stereocenters. The van der Waals surface area contributed by atoms with Gasteiger partial charge in [0, 0.05) is 35.7 Å². The molecule has 1 spiro atoms. The van der Waals surface area contributed by atoms with Crippen LogP contribution in [-0.4, -0.2) is 41.1 Å². The summed E-state index contributed by atoms with van der Waals surface area (Å²) >= 11 is 7.84. The van der Waals surface area contributed by atoms with Crippen LogP contribution in [0.2, 0.25) is 5.02 Å². The number of thioether (sulfide) groups is 1. The zero-order valence-corrected chi connectivity index (χ0v) is 12.3. The van der Waals surface area contributed by atoms with Crippen LogP contribution < -0.4 is 5.32 Å². The van der Waals surface area contributed by atoms with Gasteiger partial charge in [0.05, 0.1) is 18.0 Å². The topological polar surface area (TPSA) is 36.9 Å². The molecule has 0 bridgehead atoms. The molecule has 2 heterocycles. The van der Waals surface area contributed by atoms with Crippen molar-refractivity contribution in [2.24, 2.45) is 0 Å². The van der Waals surface area contributed by atoms with E-state index < -0.39 is 0 Å². The summed E-state index contributed by atoms with van der Waals surface area (Å²) in [6.07, 6.45) is 2.19. The fraction of sp³-hybridized carbons (Fsp3) is 0.500. The maximum absolute atomic E-state index is 12.7. The first kappa shape index (κ1) is 13.3. The van der Waals surface area contributed by atoms with Crippen LogP contribution in [0.4, 0.5) is 0 Å². The summed E-state index contributed by atoms with van der Waals surface area (Å²) < 4.78 is 0. The van der Waals surface area contributed by atoms with Crippen molar-refractivity contribution < 1.29 is 10.1 Å². The molecule has 0 aromatic heterocycles. The number of hydrogen-bond acceptors (Lipinski definition) is 2. The fourth-order valence-corrected chi connectivity index (χ4v) is 4.62. The Morgan fingerprint density at radius 1 is 1.26 bits per heavy atom. The third-order valence-electron chi connectivity index (χ3n) is 3.99. The summed E-state index contributed by atoms with van der Waals surface area (Å²) in [4.78, 5) is 14.8. The number of carbonyl (C=O) groups is 1. The molecule has 2 fully saturated rings. The number of nitrogens with zero attached hydrogens (tertiary/aromatic N) is 1. The van der Waals surface area contributed by atoms with Crippen LogP contribution in [0.5, 0.6) is 0 Å². The Morgan fingerprint density at radius 2 is 1.95 bits per heavy atom. The van der Waals surface area contributed by atoms with Crippen molar-refractivity contribution in [3.05, 3.63) is 34.9 Å². The van der Waals surface area contributed by atoms with E-state index in [1.54, 1.807) is 12.1 Å². The van der Waals surface area contributed by atoms with Crippen molar-refractivity contribution in [3.63, 3.8) is 0 Å². The summed E-state index contributed by atoms with van der Waals surface area (Å²) in [5.74, 6) is 1.21. The van der Waals surface area contributed by atoms with Gasteiger partial charge in [-0.05, 0) is 24.3 Å². The Morgan fingerprint density at radius 3 is 2.63 bits per heavy atom. The molecule has 102 valence electrons. The molecule has 1 amide bonds. The zero-order valence-electron chi connectivity index (χ0n) is 10.8. The van der Waals surface area contributed by atoms with Crippen LogP contribution in [0.3, 0.4) is 0 Å². The molecule has 0 unspecified atom stereocenters. The third kappa shape index (κ3) is 2.49. The van der Waals surface area contributed by atoms with Crippen molar-refractivity contribution in [2.75, 3.05) is 25.4 Å². The first-order chi connectivity index (χ1) is 9.21. The van der Waals surface area contributed by atoms with E-state index in [-0.39, 0.29) is 10.8 Å². The van der Waals surface area contributed by atoms with Gasteiger partial charge in [0.1, 0.15) is 0 Å². The number of halogens is 1. The highest BCUT2D eigenvalue weighted by Gasteiger charge is 2.46. The van der Waals surface area contributed by atoms with Gasteiger partial charge >= 0.3 is 0 Å². The lowest BCUT2D eigenvalue weighted by Crippen LogP contribution is -2.88. The lowest BCUT2D eigenvalue weighted by molar-refractivity contribution is -0.664. The van der Waals surface area contributed by atoms with Gasteiger partial charge in [0.15, 0.2) is 0 Å². The van der Waals surface area contributed by atoms with Crippen molar-refractivity contribution in [3.8, 4) is 0 Å². The smallest absolute Gasteiger partial charge is 0.255 e. The summed E-state index contributed by atoms with van der Waals surface area (Å²) in [6.45, 7) is 3.11. The van der Waals surface area contributed by atoms with E-state index in [4.69, 9.17) is 11.6 Å². The minimum absolute atomic E-state index is 0.0471. The normalized spacial score (nSPS) is 21.8. The highest BCUT2D eigenvalue weighted by molar-refractivity contribution is 8.00. The number of nitrogens with two attached hydrogens (primary N) is 1. The van der Waals surface area contributed by atoms with Gasteiger partial charge in [0.25, 0.3) is 5.91 Å². The Balaban J connectivity index is 1.84. The van der Waals surface area contributed by atoms with Gasteiger partial charge in [-0.3, -0.25) is 4.79 Å². The molecule has 0 saturated carbocycles. The molecule has 2 saturated heterocycles. The van der Waals surface area contributed by atoms with Crippen molar-refractivity contribution in [2.45, 2.75) is 17.7 Å². The minimum atomic E-state index is 0.0471. The van der Waals surface area contributed by atoms with Crippen LogP contribution in [0.1, 0.15) is 23.2 Å². The second-order valence-corrected chi connectivity index (χ2v) is 7.02. The predicted molar refractivity (Wildman–Crippen MR) is 78.6 cm³/mol. The van der Waals surface area contributed by atoms with Crippen LogP contribution in [0, 0.1) is 0 Å². The Bertz CT molecular complexity index is 471. The van der Waals surface area contributed by atoms with E-state index >= 15 is 0 Å². The molecule has 0 aliphatic carbocycles. The molecule has 2 aliphatic rings. The number of rotatable bonds is 1. The molecule has 1 aromatic rings. The molecular weight excluding hydrogens is 280 g/mol. The molecule has 2 N–H and O–H groups in total. The van der Waals surface area contributed by atoms with Crippen LogP contribution in [-0.2, 0) is 0 Å². The van der Waals surface area contributed by atoms with E-state index in [2.05, 4.69) is 10.2 Å². The first-order valence-electron chi connectivity index (χ1n) is 6.74. The first-order valence-corrected chi connectivity index (χ1v) is 8.11. The SMILES string of the molecule is O=C(c1ccc(Cl)cc1)N1CCSC12CC[NH2+]CC2. The second kappa shape index (κ2) is 5.35. The number of quaternary nitrogens is 1. The third-order valence-corrected chi connectivity index (χ3v) is 5.80. The molecule has 3 nitrogen and oxygen atoms in total. The molecule has 19 heavy (non-hydrogen) atoms.